The molecule has 2 saturated carbocycles. The van der Waals surface area contributed by atoms with Gasteiger partial charge >= 0.3 is 0 Å². The lowest BCUT2D eigenvalue weighted by molar-refractivity contribution is -0.145. The minimum Gasteiger partial charge on any atom is -0.496 e. The molecule has 1 aromatic carbocycles. The van der Waals surface area contributed by atoms with Crippen LogP contribution >= 0.6 is 0 Å². The van der Waals surface area contributed by atoms with Crippen LogP contribution in [0.4, 0.5) is 0 Å². The molecule has 2 atom stereocenters. The van der Waals surface area contributed by atoms with Gasteiger partial charge in [-0.25, -0.2) is 0 Å². The van der Waals surface area contributed by atoms with Crippen LogP contribution in [0.1, 0.15) is 53.9 Å². The maximum atomic E-state index is 12.7. The zero-order valence-electron chi connectivity index (χ0n) is 14.1. The highest BCUT2D eigenvalue weighted by Crippen LogP contribution is 2.49. The van der Waals surface area contributed by atoms with E-state index >= 15 is 0 Å². The fraction of sp³-hybridized carbons (Fsp3) is 0.632. The molecule has 24 heavy (non-hydrogen) atoms. The van der Waals surface area contributed by atoms with Crippen molar-refractivity contribution < 1.29 is 19.4 Å². The van der Waals surface area contributed by atoms with Crippen LogP contribution in [-0.2, 0) is 4.74 Å². The van der Waals surface area contributed by atoms with E-state index in [1.807, 2.05) is 18.2 Å². The maximum Gasteiger partial charge on any atom is 0.251 e. The lowest BCUT2D eigenvalue weighted by atomic mass is 9.58. The average Bonchev–Trinajstić information content (AvgIpc) is 3.46. The van der Waals surface area contributed by atoms with Crippen molar-refractivity contribution in [2.24, 2.45) is 5.41 Å². The van der Waals surface area contributed by atoms with Gasteiger partial charge in [-0.15, -0.1) is 0 Å². The molecule has 3 fully saturated rings. The lowest BCUT2D eigenvalue weighted by Crippen LogP contribution is -2.65. The van der Waals surface area contributed by atoms with E-state index in [9.17, 15) is 9.90 Å². The maximum absolute atomic E-state index is 12.7. The molecule has 2 aliphatic carbocycles. The summed E-state index contributed by atoms with van der Waals surface area (Å²) in [6.07, 6.45) is 4.27. The number of carbonyl (C=O) groups excluding carboxylic acids is 1. The Labute approximate surface area is 142 Å². The van der Waals surface area contributed by atoms with Crippen LogP contribution in [0.3, 0.4) is 0 Å². The summed E-state index contributed by atoms with van der Waals surface area (Å²) in [7, 11) is 1.67. The molecular formula is C19H25NO4. The number of amides is 1. The molecule has 3 aliphatic rings. The van der Waals surface area contributed by atoms with E-state index in [1.54, 1.807) is 7.11 Å². The van der Waals surface area contributed by atoms with Crippen LogP contribution in [-0.4, -0.2) is 43.5 Å². The Morgan fingerprint density at radius 1 is 1.33 bits per heavy atom. The first-order valence-electron chi connectivity index (χ1n) is 8.88. The Bertz CT molecular complexity index is 634. The van der Waals surface area contributed by atoms with Gasteiger partial charge in [-0.3, -0.25) is 4.79 Å². The summed E-state index contributed by atoms with van der Waals surface area (Å²) < 4.78 is 10.8. The first-order chi connectivity index (χ1) is 11.6. The van der Waals surface area contributed by atoms with E-state index in [0.29, 0.717) is 31.1 Å². The summed E-state index contributed by atoms with van der Waals surface area (Å²) in [5, 5.41) is 13.4. The third-order valence-electron chi connectivity index (χ3n) is 6.05. The summed E-state index contributed by atoms with van der Waals surface area (Å²) >= 11 is 0. The van der Waals surface area contributed by atoms with E-state index in [4.69, 9.17) is 9.47 Å². The average molecular weight is 331 g/mol. The van der Waals surface area contributed by atoms with Crippen LogP contribution in [0.2, 0.25) is 0 Å². The fourth-order valence-corrected chi connectivity index (χ4v) is 4.23. The third kappa shape index (κ3) is 2.60. The summed E-state index contributed by atoms with van der Waals surface area (Å²) in [5.74, 6) is 1.34. The molecule has 1 aromatic rings. The standard InChI is InChI=1S/C19H25NO4/c1-23-15-5-4-13(10-14(15)12-2-3-12)18(22)20-16-11-17(21)19(16)6-8-24-9-7-19/h4-5,10,12,16-17,21H,2-3,6-9,11H2,1H3,(H,20,22)/t16-,17-/m1/s1. The summed E-state index contributed by atoms with van der Waals surface area (Å²) in [6.45, 7) is 1.33. The number of ether oxygens (including phenoxy) is 2. The molecule has 0 radical (unpaired) electrons. The highest BCUT2D eigenvalue weighted by molar-refractivity contribution is 5.95. The van der Waals surface area contributed by atoms with Crippen LogP contribution in [0.5, 0.6) is 5.75 Å². The number of carbonyl (C=O) groups is 1. The number of nitrogens with one attached hydrogen (secondary N) is 1. The van der Waals surface area contributed by atoms with Crippen molar-refractivity contribution in [1.82, 2.24) is 5.32 Å². The fourth-order valence-electron chi connectivity index (χ4n) is 4.23. The van der Waals surface area contributed by atoms with E-state index in [-0.39, 0.29) is 23.5 Å². The Morgan fingerprint density at radius 2 is 2.08 bits per heavy atom. The zero-order chi connectivity index (χ0) is 16.7. The SMILES string of the molecule is COc1ccc(C(=O)N[C@@H]2C[C@@H](O)C23CCOCC3)cc1C1CC1. The number of rotatable bonds is 4. The van der Waals surface area contributed by atoms with Gasteiger partial charge in [-0.2, -0.15) is 0 Å². The molecule has 5 heteroatoms. The van der Waals surface area contributed by atoms with Crippen molar-refractivity contribution in [3.05, 3.63) is 29.3 Å². The third-order valence-corrected chi connectivity index (χ3v) is 6.05. The van der Waals surface area contributed by atoms with E-state index < -0.39 is 0 Å². The predicted molar refractivity (Wildman–Crippen MR) is 89.3 cm³/mol. The first kappa shape index (κ1) is 15.9. The van der Waals surface area contributed by atoms with E-state index in [2.05, 4.69) is 5.32 Å². The van der Waals surface area contributed by atoms with Crippen LogP contribution in [0, 0.1) is 5.41 Å². The van der Waals surface area contributed by atoms with Gasteiger partial charge in [0.15, 0.2) is 0 Å². The molecule has 0 aromatic heterocycles. The molecule has 1 saturated heterocycles. The summed E-state index contributed by atoms with van der Waals surface area (Å²) in [4.78, 5) is 12.7. The molecular weight excluding hydrogens is 306 g/mol. The summed E-state index contributed by atoms with van der Waals surface area (Å²) in [6, 6.07) is 5.72. The molecule has 0 unspecified atom stereocenters. The quantitative estimate of drug-likeness (QED) is 0.888. The Balaban J connectivity index is 1.49. The zero-order valence-corrected chi connectivity index (χ0v) is 14.1. The molecule has 1 aliphatic heterocycles. The Hall–Kier alpha value is -1.59. The van der Waals surface area contributed by atoms with Gasteiger partial charge in [0.25, 0.3) is 5.91 Å². The molecule has 1 spiro atoms. The van der Waals surface area contributed by atoms with Crippen LogP contribution in [0.15, 0.2) is 18.2 Å². The van der Waals surface area contributed by atoms with Gasteiger partial charge < -0.3 is 19.9 Å². The van der Waals surface area contributed by atoms with E-state index in [0.717, 1.165) is 24.2 Å². The molecule has 1 amide bonds. The number of hydrogen-bond donors (Lipinski definition) is 2. The normalized spacial score (nSPS) is 28.2. The van der Waals surface area contributed by atoms with Gasteiger partial charge in [-0.1, -0.05) is 0 Å². The molecule has 1 heterocycles. The van der Waals surface area contributed by atoms with Gasteiger partial charge in [0.05, 0.1) is 13.2 Å². The topological polar surface area (TPSA) is 67.8 Å². The molecule has 5 nitrogen and oxygen atoms in total. The molecule has 2 N–H and O–H groups in total. The Morgan fingerprint density at radius 3 is 2.71 bits per heavy atom. The van der Waals surface area contributed by atoms with Crippen molar-refractivity contribution in [3.8, 4) is 5.75 Å². The highest BCUT2D eigenvalue weighted by atomic mass is 16.5. The van der Waals surface area contributed by atoms with Gasteiger partial charge in [0.2, 0.25) is 0 Å². The summed E-state index contributed by atoms with van der Waals surface area (Å²) in [5.41, 5.74) is 1.63. The second-order valence-corrected chi connectivity index (χ2v) is 7.35. The molecule has 130 valence electrons. The van der Waals surface area contributed by atoms with Crippen molar-refractivity contribution in [3.63, 3.8) is 0 Å². The number of benzene rings is 1. The van der Waals surface area contributed by atoms with Crippen molar-refractivity contribution in [2.45, 2.75) is 50.2 Å². The lowest BCUT2D eigenvalue weighted by Gasteiger charge is -2.55. The second kappa shape index (κ2) is 6.05. The largest absolute Gasteiger partial charge is 0.496 e. The van der Waals surface area contributed by atoms with Crippen LogP contribution < -0.4 is 10.1 Å². The number of aliphatic hydroxyl groups is 1. The smallest absolute Gasteiger partial charge is 0.251 e. The minimum atomic E-state index is -0.329. The predicted octanol–water partition coefficient (Wildman–Crippen LogP) is 2.23. The Kier molecular flexibility index (Phi) is 4.01. The highest BCUT2D eigenvalue weighted by Gasteiger charge is 2.55. The molecule has 0 bridgehead atoms. The monoisotopic (exact) mass is 331 g/mol. The minimum absolute atomic E-state index is 0.0374. The second-order valence-electron chi connectivity index (χ2n) is 7.35. The first-order valence-corrected chi connectivity index (χ1v) is 8.88. The van der Waals surface area contributed by atoms with Crippen LogP contribution in [0.25, 0.3) is 0 Å². The number of hydrogen-bond acceptors (Lipinski definition) is 4. The number of methoxy groups -OCH3 is 1. The number of aliphatic hydroxyl groups excluding tert-OH is 1. The van der Waals surface area contributed by atoms with Gasteiger partial charge in [0, 0.05) is 30.2 Å². The van der Waals surface area contributed by atoms with E-state index in [1.165, 1.54) is 12.8 Å². The van der Waals surface area contributed by atoms with Crippen molar-refractivity contribution in [2.75, 3.05) is 20.3 Å². The van der Waals surface area contributed by atoms with Crippen molar-refractivity contribution >= 4 is 5.91 Å². The van der Waals surface area contributed by atoms with Gasteiger partial charge in [-0.05, 0) is 61.8 Å². The molecule has 4 rings (SSSR count). The van der Waals surface area contributed by atoms with Crippen molar-refractivity contribution in [1.29, 1.82) is 0 Å². The van der Waals surface area contributed by atoms with Gasteiger partial charge in [0.1, 0.15) is 5.75 Å².